The summed E-state index contributed by atoms with van der Waals surface area (Å²) in [5, 5.41) is 0. The van der Waals surface area contributed by atoms with Crippen molar-refractivity contribution in [3.8, 4) is 28.5 Å². The predicted octanol–water partition coefficient (Wildman–Crippen LogP) is 4.33. The first-order valence-electron chi connectivity index (χ1n) is 9.83. The van der Waals surface area contributed by atoms with Gasteiger partial charge in [-0.3, -0.25) is 14.1 Å². The van der Waals surface area contributed by atoms with Crippen molar-refractivity contribution in [1.82, 2.24) is 9.38 Å². The lowest BCUT2D eigenvalue weighted by atomic mass is 10.1. The number of carbonyl (C=O) groups excluding carboxylic acids is 1. The Kier molecular flexibility index (Phi) is 5.93. The number of aromatic nitrogens is 2. The van der Waals surface area contributed by atoms with E-state index in [9.17, 15) is 9.18 Å². The van der Waals surface area contributed by atoms with E-state index >= 15 is 0 Å². The van der Waals surface area contributed by atoms with Crippen molar-refractivity contribution in [1.29, 1.82) is 0 Å². The third-order valence-electron chi connectivity index (χ3n) is 5.10. The van der Waals surface area contributed by atoms with Crippen LogP contribution < -0.4 is 19.1 Å². The highest BCUT2D eigenvalue weighted by atomic mass is 19.1. The number of imidazole rings is 1. The number of hydrogen-bond donors (Lipinski definition) is 0. The molecule has 0 bridgehead atoms. The Bertz CT molecular complexity index is 1230. The molecule has 2 heterocycles. The van der Waals surface area contributed by atoms with E-state index in [0.717, 1.165) is 12.0 Å². The minimum absolute atomic E-state index is 0.219. The standard InChI is InChI=1S/C24H22FN3O4/c1-30-19-12-16(13-20(31-2)23(19)32-3)14-27(15-29)24-22(17-7-9-18(25)10-8-17)26-21-6-4-5-11-28(21)24/h4-13,15H,14H2,1-3H3. The highest BCUT2D eigenvalue weighted by molar-refractivity contribution is 5.85. The monoisotopic (exact) mass is 435 g/mol. The Morgan fingerprint density at radius 2 is 1.69 bits per heavy atom. The van der Waals surface area contributed by atoms with Gasteiger partial charge in [-0.05, 0) is 54.1 Å². The van der Waals surface area contributed by atoms with Crippen LogP contribution in [0, 0.1) is 5.82 Å². The van der Waals surface area contributed by atoms with Gasteiger partial charge < -0.3 is 14.2 Å². The maximum absolute atomic E-state index is 13.5. The number of nitrogens with zero attached hydrogens (tertiary/aromatic N) is 3. The molecule has 4 aromatic rings. The molecule has 0 unspecified atom stereocenters. The molecule has 32 heavy (non-hydrogen) atoms. The second-order valence-electron chi connectivity index (χ2n) is 6.99. The van der Waals surface area contributed by atoms with E-state index in [1.54, 1.807) is 29.2 Å². The number of methoxy groups -OCH3 is 3. The van der Waals surface area contributed by atoms with Crippen molar-refractivity contribution in [2.75, 3.05) is 26.2 Å². The fraction of sp³-hybridized carbons (Fsp3) is 0.167. The molecule has 7 nitrogen and oxygen atoms in total. The van der Waals surface area contributed by atoms with Gasteiger partial charge in [0.25, 0.3) is 0 Å². The molecular weight excluding hydrogens is 413 g/mol. The summed E-state index contributed by atoms with van der Waals surface area (Å²) in [6.45, 7) is 0.219. The van der Waals surface area contributed by atoms with Gasteiger partial charge in [0, 0.05) is 11.8 Å². The summed E-state index contributed by atoms with van der Waals surface area (Å²) in [5.41, 5.74) is 2.69. The van der Waals surface area contributed by atoms with Crippen LogP contribution in [0.2, 0.25) is 0 Å². The first-order chi connectivity index (χ1) is 15.6. The molecule has 0 aliphatic carbocycles. The van der Waals surface area contributed by atoms with E-state index in [4.69, 9.17) is 14.2 Å². The molecular formula is C24H22FN3O4. The molecule has 164 valence electrons. The number of pyridine rings is 1. The quantitative estimate of drug-likeness (QED) is 0.386. The lowest BCUT2D eigenvalue weighted by molar-refractivity contribution is -0.107. The van der Waals surface area contributed by atoms with E-state index in [1.807, 2.05) is 28.8 Å². The summed E-state index contributed by atoms with van der Waals surface area (Å²) in [6, 6.07) is 15.2. The molecule has 0 saturated carbocycles. The van der Waals surface area contributed by atoms with Crippen LogP contribution in [0.1, 0.15) is 5.56 Å². The number of carbonyl (C=O) groups is 1. The third-order valence-corrected chi connectivity index (χ3v) is 5.10. The molecule has 2 aromatic heterocycles. The summed E-state index contributed by atoms with van der Waals surface area (Å²) in [5.74, 6) is 1.67. The lowest BCUT2D eigenvalue weighted by Crippen LogP contribution is -2.22. The zero-order valence-electron chi connectivity index (χ0n) is 17.9. The third kappa shape index (κ3) is 3.82. The minimum Gasteiger partial charge on any atom is -0.493 e. The maximum atomic E-state index is 13.5. The lowest BCUT2D eigenvalue weighted by Gasteiger charge is -2.20. The Labute approximate surface area is 184 Å². The molecule has 0 spiro atoms. The van der Waals surface area contributed by atoms with Gasteiger partial charge in [-0.25, -0.2) is 9.37 Å². The molecule has 0 fully saturated rings. The number of ether oxygens (including phenoxy) is 3. The van der Waals surface area contributed by atoms with Gasteiger partial charge in [0.2, 0.25) is 12.2 Å². The summed E-state index contributed by atoms with van der Waals surface area (Å²) < 4.78 is 31.6. The SMILES string of the molecule is COc1cc(CN(C=O)c2c(-c3ccc(F)cc3)nc3ccccn23)cc(OC)c1OC. The van der Waals surface area contributed by atoms with Crippen molar-refractivity contribution in [3.63, 3.8) is 0 Å². The molecule has 0 aliphatic rings. The summed E-state index contributed by atoms with van der Waals surface area (Å²) in [7, 11) is 4.61. The van der Waals surface area contributed by atoms with Gasteiger partial charge in [-0.15, -0.1) is 0 Å². The zero-order chi connectivity index (χ0) is 22.7. The summed E-state index contributed by atoms with van der Waals surface area (Å²) in [4.78, 5) is 18.5. The van der Waals surface area contributed by atoms with Gasteiger partial charge >= 0.3 is 0 Å². The number of amides is 1. The minimum atomic E-state index is -0.344. The van der Waals surface area contributed by atoms with Crippen LogP contribution in [0.25, 0.3) is 16.9 Å². The van der Waals surface area contributed by atoms with Gasteiger partial charge in [0.15, 0.2) is 11.5 Å². The molecule has 1 amide bonds. The maximum Gasteiger partial charge on any atom is 0.215 e. The van der Waals surface area contributed by atoms with Crippen molar-refractivity contribution >= 4 is 17.9 Å². The molecule has 0 atom stereocenters. The number of benzene rings is 2. The Morgan fingerprint density at radius 1 is 1.00 bits per heavy atom. The van der Waals surface area contributed by atoms with E-state index < -0.39 is 0 Å². The average molecular weight is 435 g/mol. The van der Waals surface area contributed by atoms with Crippen LogP contribution in [-0.4, -0.2) is 37.1 Å². The molecule has 0 saturated heterocycles. The molecule has 0 radical (unpaired) electrons. The smallest absolute Gasteiger partial charge is 0.215 e. The van der Waals surface area contributed by atoms with E-state index in [1.165, 1.54) is 33.5 Å². The number of hydrogen-bond acceptors (Lipinski definition) is 5. The largest absolute Gasteiger partial charge is 0.493 e. The van der Waals surface area contributed by atoms with E-state index in [2.05, 4.69) is 4.98 Å². The fourth-order valence-electron chi connectivity index (χ4n) is 3.64. The molecule has 2 aromatic carbocycles. The summed E-state index contributed by atoms with van der Waals surface area (Å²) in [6.07, 6.45) is 2.57. The van der Waals surface area contributed by atoms with Gasteiger partial charge in [-0.2, -0.15) is 0 Å². The topological polar surface area (TPSA) is 65.3 Å². The zero-order valence-corrected chi connectivity index (χ0v) is 17.9. The van der Waals surface area contributed by atoms with Crippen LogP contribution >= 0.6 is 0 Å². The average Bonchev–Trinajstić information content (AvgIpc) is 3.21. The van der Waals surface area contributed by atoms with Crippen molar-refractivity contribution in [2.45, 2.75) is 6.54 Å². The Hall–Kier alpha value is -4.07. The number of rotatable bonds is 8. The normalized spacial score (nSPS) is 10.8. The van der Waals surface area contributed by atoms with Gasteiger partial charge in [0.1, 0.15) is 23.0 Å². The van der Waals surface area contributed by atoms with Crippen LogP contribution in [0.15, 0.2) is 60.8 Å². The fourth-order valence-corrected chi connectivity index (χ4v) is 3.64. The van der Waals surface area contributed by atoms with Gasteiger partial charge in [-0.1, -0.05) is 6.07 Å². The van der Waals surface area contributed by atoms with Gasteiger partial charge in [0.05, 0.1) is 27.9 Å². The number of anilines is 1. The number of fused-ring (bicyclic) bond motifs is 1. The number of halogens is 1. The molecule has 8 heteroatoms. The van der Waals surface area contributed by atoms with Crippen LogP contribution in [-0.2, 0) is 11.3 Å². The van der Waals surface area contributed by atoms with E-state index in [-0.39, 0.29) is 12.4 Å². The van der Waals surface area contributed by atoms with Crippen LogP contribution in [0.4, 0.5) is 10.2 Å². The summed E-state index contributed by atoms with van der Waals surface area (Å²) >= 11 is 0. The predicted molar refractivity (Wildman–Crippen MR) is 119 cm³/mol. The van der Waals surface area contributed by atoms with Crippen LogP contribution in [0.5, 0.6) is 17.2 Å². The molecule has 0 aliphatic heterocycles. The molecule has 0 N–H and O–H groups in total. The highest BCUT2D eigenvalue weighted by Gasteiger charge is 2.22. The Balaban J connectivity index is 1.83. The van der Waals surface area contributed by atoms with E-state index in [0.29, 0.717) is 40.0 Å². The Morgan fingerprint density at radius 3 is 2.28 bits per heavy atom. The second-order valence-corrected chi connectivity index (χ2v) is 6.99. The van der Waals surface area contributed by atoms with Crippen LogP contribution in [0.3, 0.4) is 0 Å². The molecule has 4 rings (SSSR count). The van der Waals surface area contributed by atoms with Crippen molar-refractivity contribution in [2.24, 2.45) is 0 Å². The first-order valence-corrected chi connectivity index (χ1v) is 9.83. The van der Waals surface area contributed by atoms with Crippen molar-refractivity contribution < 1.29 is 23.4 Å². The highest BCUT2D eigenvalue weighted by Crippen LogP contribution is 2.39. The first kappa shape index (κ1) is 21.2. The second kappa shape index (κ2) is 8.97. The van der Waals surface area contributed by atoms with Crippen molar-refractivity contribution in [3.05, 3.63) is 72.2 Å².